The minimum absolute atomic E-state index is 0.108. The van der Waals surface area contributed by atoms with E-state index in [1.54, 1.807) is 7.11 Å². The van der Waals surface area contributed by atoms with Crippen LogP contribution in [-0.4, -0.2) is 46.6 Å². The Bertz CT molecular complexity index is 1080. The number of unbranched alkanes of at least 4 members (excludes halogenated alkanes) is 2. The van der Waals surface area contributed by atoms with E-state index in [-0.39, 0.29) is 10.8 Å². The summed E-state index contributed by atoms with van der Waals surface area (Å²) >= 11 is 1.85. The largest absolute Gasteiger partial charge is 0.384 e. The maximum absolute atomic E-state index is 5.44. The van der Waals surface area contributed by atoms with Crippen molar-refractivity contribution in [2.45, 2.75) is 85.0 Å². The molecule has 0 radical (unpaired) electrons. The Hall–Kier alpha value is -1.99. The molecule has 0 spiro atoms. The highest BCUT2D eigenvalue weighted by atomic mass is 32.1. The SMILES string of the molecule is CCCCN(CCCC)c1ccc(C=c2c(C(C)(C)C)nn3c(C(C)(C)COC)nnc23)s1. The third-order valence-electron chi connectivity index (χ3n) is 5.93. The summed E-state index contributed by atoms with van der Waals surface area (Å²) in [6.07, 6.45) is 7.13. The van der Waals surface area contributed by atoms with Crippen molar-refractivity contribution in [2.24, 2.45) is 0 Å². The third-order valence-corrected chi connectivity index (χ3v) is 7.02. The Kier molecular flexibility index (Phi) is 8.17. The zero-order valence-electron chi connectivity index (χ0n) is 21.7. The van der Waals surface area contributed by atoms with Crippen LogP contribution in [0.2, 0.25) is 0 Å². The van der Waals surface area contributed by atoms with Crippen LogP contribution in [0.5, 0.6) is 0 Å². The van der Waals surface area contributed by atoms with Gasteiger partial charge in [0.1, 0.15) is 0 Å². The molecule has 6 nitrogen and oxygen atoms in total. The molecule has 3 aromatic heterocycles. The molecular formula is C26H41N5OS. The molecule has 0 saturated carbocycles. The average molecular weight is 472 g/mol. The minimum atomic E-state index is -0.281. The lowest BCUT2D eigenvalue weighted by atomic mass is 9.91. The number of fused-ring (bicyclic) bond motifs is 1. The molecule has 182 valence electrons. The van der Waals surface area contributed by atoms with Crippen molar-refractivity contribution in [3.8, 4) is 0 Å². The number of nitrogens with zero attached hydrogens (tertiary/aromatic N) is 5. The molecule has 0 unspecified atom stereocenters. The summed E-state index contributed by atoms with van der Waals surface area (Å²) in [6, 6.07) is 4.50. The first-order valence-electron chi connectivity index (χ1n) is 12.2. The van der Waals surface area contributed by atoms with Crippen LogP contribution >= 0.6 is 11.3 Å². The molecule has 0 saturated heterocycles. The van der Waals surface area contributed by atoms with E-state index in [1.807, 2.05) is 15.9 Å². The summed E-state index contributed by atoms with van der Waals surface area (Å²) < 4.78 is 7.37. The van der Waals surface area contributed by atoms with Crippen molar-refractivity contribution >= 4 is 28.1 Å². The molecule has 0 bridgehead atoms. The van der Waals surface area contributed by atoms with Crippen molar-refractivity contribution in [2.75, 3.05) is 31.7 Å². The van der Waals surface area contributed by atoms with E-state index in [0.29, 0.717) is 6.61 Å². The first kappa shape index (κ1) is 25.6. The number of rotatable bonds is 11. The molecule has 0 amide bonds. The van der Waals surface area contributed by atoms with E-state index in [0.717, 1.165) is 35.5 Å². The highest BCUT2D eigenvalue weighted by Crippen LogP contribution is 2.29. The molecular weight excluding hydrogens is 430 g/mol. The number of anilines is 1. The molecule has 7 heteroatoms. The van der Waals surface area contributed by atoms with Crippen molar-refractivity contribution in [1.82, 2.24) is 19.8 Å². The number of methoxy groups -OCH3 is 1. The summed E-state index contributed by atoms with van der Waals surface area (Å²) in [6.45, 7) is 18.2. The van der Waals surface area contributed by atoms with Crippen molar-refractivity contribution < 1.29 is 4.74 Å². The smallest absolute Gasteiger partial charge is 0.187 e. The quantitative estimate of drug-likeness (QED) is 0.377. The molecule has 0 atom stereocenters. The summed E-state index contributed by atoms with van der Waals surface area (Å²) in [5.74, 6) is 0.835. The second-order valence-corrected chi connectivity index (χ2v) is 11.7. The van der Waals surface area contributed by atoms with Gasteiger partial charge in [0.15, 0.2) is 11.5 Å². The zero-order valence-corrected chi connectivity index (χ0v) is 22.6. The summed E-state index contributed by atoms with van der Waals surface area (Å²) in [5.41, 5.74) is 1.48. The van der Waals surface area contributed by atoms with Gasteiger partial charge in [-0.15, -0.1) is 21.5 Å². The molecule has 0 aromatic carbocycles. The van der Waals surface area contributed by atoms with E-state index >= 15 is 0 Å². The lowest BCUT2D eigenvalue weighted by Gasteiger charge is -2.22. The van der Waals surface area contributed by atoms with E-state index in [9.17, 15) is 0 Å². The lowest BCUT2D eigenvalue weighted by Crippen LogP contribution is -2.27. The van der Waals surface area contributed by atoms with Gasteiger partial charge >= 0.3 is 0 Å². The third kappa shape index (κ3) is 5.75. The molecule has 3 heterocycles. The van der Waals surface area contributed by atoms with Crippen LogP contribution in [0.4, 0.5) is 5.00 Å². The van der Waals surface area contributed by atoms with Gasteiger partial charge in [-0.3, -0.25) is 0 Å². The van der Waals surface area contributed by atoms with Crippen LogP contribution in [0.1, 0.15) is 90.5 Å². The highest BCUT2D eigenvalue weighted by Gasteiger charge is 2.31. The van der Waals surface area contributed by atoms with Gasteiger partial charge in [-0.1, -0.05) is 61.3 Å². The predicted octanol–water partition coefficient (Wildman–Crippen LogP) is 5.36. The Morgan fingerprint density at radius 2 is 1.70 bits per heavy atom. The maximum atomic E-state index is 5.44. The molecule has 3 rings (SSSR count). The lowest BCUT2D eigenvalue weighted by molar-refractivity contribution is 0.141. The van der Waals surface area contributed by atoms with Crippen LogP contribution in [0, 0.1) is 0 Å². The number of aromatic nitrogens is 4. The highest BCUT2D eigenvalue weighted by molar-refractivity contribution is 7.16. The van der Waals surface area contributed by atoms with Crippen molar-refractivity contribution in [3.05, 3.63) is 33.7 Å². The first-order valence-corrected chi connectivity index (χ1v) is 13.1. The van der Waals surface area contributed by atoms with Crippen LogP contribution in [-0.2, 0) is 15.6 Å². The van der Waals surface area contributed by atoms with Gasteiger partial charge in [0.2, 0.25) is 0 Å². The molecule has 0 fully saturated rings. The summed E-state index contributed by atoms with van der Waals surface area (Å²) in [7, 11) is 1.72. The van der Waals surface area contributed by atoms with Crippen LogP contribution in [0.25, 0.3) is 11.7 Å². The van der Waals surface area contributed by atoms with E-state index in [4.69, 9.17) is 9.84 Å². The standard InChI is InChI=1S/C26H41N5OS/c1-9-11-15-30(16-12-10-2)21-14-13-19(33-21)17-20-22(25(3,4)5)29-31-23(20)27-28-24(31)26(6,7)18-32-8/h13-14,17H,9-12,15-16,18H2,1-8H3. The van der Waals surface area contributed by atoms with Crippen molar-refractivity contribution in [3.63, 3.8) is 0 Å². The fraction of sp³-hybridized carbons (Fsp3) is 0.654. The Morgan fingerprint density at radius 1 is 1.03 bits per heavy atom. The minimum Gasteiger partial charge on any atom is -0.384 e. The summed E-state index contributed by atoms with van der Waals surface area (Å²) in [5, 5.41) is 16.5. The number of ether oxygens (including phenoxy) is 1. The number of hydrogen-bond donors (Lipinski definition) is 0. The van der Waals surface area contributed by atoms with Crippen LogP contribution in [0.3, 0.4) is 0 Å². The Labute approximate surface area is 203 Å². The molecule has 0 aliphatic heterocycles. The molecule has 33 heavy (non-hydrogen) atoms. The van der Waals surface area contributed by atoms with E-state index < -0.39 is 0 Å². The van der Waals surface area contributed by atoms with Crippen LogP contribution < -0.4 is 10.1 Å². The maximum Gasteiger partial charge on any atom is 0.187 e. The molecule has 0 aliphatic rings. The monoisotopic (exact) mass is 471 g/mol. The number of hydrogen-bond acceptors (Lipinski definition) is 6. The molecule has 0 aliphatic carbocycles. The second kappa shape index (κ2) is 10.5. The van der Waals surface area contributed by atoms with Gasteiger partial charge in [-0.2, -0.15) is 9.61 Å². The van der Waals surface area contributed by atoms with Crippen LogP contribution in [0.15, 0.2) is 12.1 Å². The van der Waals surface area contributed by atoms with Gasteiger partial charge in [0, 0.05) is 35.7 Å². The molecule has 3 aromatic rings. The predicted molar refractivity (Wildman–Crippen MR) is 140 cm³/mol. The Balaban J connectivity index is 2.07. The fourth-order valence-corrected chi connectivity index (χ4v) is 5.10. The van der Waals surface area contributed by atoms with Gasteiger partial charge < -0.3 is 9.64 Å². The number of thiophene rings is 1. The van der Waals surface area contributed by atoms with Gasteiger partial charge in [-0.05, 0) is 31.1 Å². The van der Waals surface area contributed by atoms with Gasteiger partial charge in [-0.25, -0.2) is 0 Å². The topological polar surface area (TPSA) is 55.6 Å². The van der Waals surface area contributed by atoms with Gasteiger partial charge in [0.25, 0.3) is 0 Å². The normalized spacial score (nSPS) is 13.4. The Morgan fingerprint density at radius 3 is 2.27 bits per heavy atom. The average Bonchev–Trinajstić information content (AvgIpc) is 3.44. The summed E-state index contributed by atoms with van der Waals surface area (Å²) in [4.78, 5) is 3.77. The molecule has 0 N–H and O–H groups in total. The first-order chi connectivity index (χ1) is 15.6. The zero-order chi connectivity index (χ0) is 24.2. The van der Waals surface area contributed by atoms with Gasteiger partial charge in [0.05, 0.1) is 22.7 Å². The van der Waals surface area contributed by atoms with E-state index in [1.165, 1.54) is 35.6 Å². The fourth-order valence-electron chi connectivity index (χ4n) is 4.10. The second-order valence-electron chi connectivity index (χ2n) is 10.6. The van der Waals surface area contributed by atoms with E-state index in [2.05, 4.69) is 81.8 Å². The van der Waals surface area contributed by atoms with Crippen molar-refractivity contribution in [1.29, 1.82) is 0 Å².